The molecule has 0 fully saturated rings. The lowest BCUT2D eigenvalue weighted by atomic mass is 9.96. The van der Waals surface area contributed by atoms with E-state index in [1.807, 2.05) is 27.0 Å². The van der Waals surface area contributed by atoms with Gasteiger partial charge in [0.25, 0.3) is 0 Å². The molecule has 0 bridgehead atoms. The molecule has 0 radical (unpaired) electrons. The first kappa shape index (κ1) is 10.7. The van der Waals surface area contributed by atoms with Crippen molar-refractivity contribution in [3.63, 3.8) is 0 Å². The van der Waals surface area contributed by atoms with Crippen molar-refractivity contribution in [3.05, 3.63) is 17.5 Å². The summed E-state index contributed by atoms with van der Waals surface area (Å²) in [4.78, 5) is 0. The van der Waals surface area contributed by atoms with E-state index in [0.29, 0.717) is 6.54 Å². The van der Waals surface area contributed by atoms with E-state index in [4.69, 9.17) is 5.26 Å². The molecule has 1 rings (SSSR count). The number of aryl methyl sites for hydroxylation is 1. The second-order valence-corrected chi connectivity index (χ2v) is 4.12. The minimum Gasteiger partial charge on any atom is -0.311 e. The molecule has 0 aliphatic rings. The Morgan fingerprint density at radius 2 is 2.36 bits per heavy atom. The molecule has 0 amide bonds. The third-order valence-electron chi connectivity index (χ3n) is 2.12. The van der Waals surface area contributed by atoms with Crippen molar-refractivity contribution in [2.45, 2.75) is 27.3 Å². The van der Waals surface area contributed by atoms with Crippen molar-refractivity contribution < 1.29 is 0 Å². The van der Waals surface area contributed by atoms with Crippen molar-refractivity contribution in [2.24, 2.45) is 5.41 Å². The summed E-state index contributed by atoms with van der Waals surface area (Å²) >= 11 is 0. The predicted molar refractivity (Wildman–Crippen MR) is 54.4 cm³/mol. The van der Waals surface area contributed by atoms with Crippen LogP contribution in [0.1, 0.15) is 25.1 Å². The summed E-state index contributed by atoms with van der Waals surface area (Å²) in [7, 11) is 0. The molecule has 0 saturated heterocycles. The maximum Gasteiger partial charge on any atom is 0.0697 e. The normalized spacial score (nSPS) is 11.3. The molecule has 1 aromatic rings. The van der Waals surface area contributed by atoms with Gasteiger partial charge in [0.2, 0.25) is 0 Å². The SMILES string of the molecule is Cc1[nH]ncc1CNCC(C)(C)C#N. The van der Waals surface area contributed by atoms with Crippen molar-refractivity contribution in [1.29, 1.82) is 5.26 Å². The van der Waals surface area contributed by atoms with E-state index in [9.17, 15) is 0 Å². The number of nitrogens with zero attached hydrogens (tertiary/aromatic N) is 2. The average molecular weight is 192 g/mol. The number of hydrogen-bond donors (Lipinski definition) is 2. The van der Waals surface area contributed by atoms with Gasteiger partial charge in [-0.2, -0.15) is 10.4 Å². The Balaban J connectivity index is 2.37. The number of nitriles is 1. The molecular weight excluding hydrogens is 176 g/mol. The average Bonchev–Trinajstić information content (AvgIpc) is 2.52. The van der Waals surface area contributed by atoms with Gasteiger partial charge < -0.3 is 5.32 Å². The van der Waals surface area contributed by atoms with Gasteiger partial charge in [0, 0.05) is 24.3 Å². The van der Waals surface area contributed by atoms with Crippen molar-refractivity contribution in [3.8, 4) is 6.07 Å². The van der Waals surface area contributed by atoms with Crippen molar-refractivity contribution in [2.75, 3.05) is 6.54 Å². The standard InChI is InChI=1S/C10H16N4/c1-8-9(5-13-14-8)4-12-7-10(2,3)6-11/h5,12H,4,7H2,1-3H3,(H,13,14). The number of hydrogen-bond acceptors (Lipinski definition) is 3. The first-order chi connectivity index (χ1) is 6.55. The van der Waals surface area contributed by atoms with Gasteiger partial charge in [0.1, 0.15) is 0 Å². The molecule has 0 atom stereocenters. The molecule has 2 N–H and O–H groups in total. The monoisotopic (exact) mass is 192 g/mol. The highest BCUT2D eigenvalue weighted by atomic mass is 15.1. The summed E-state index contributed by atoms with van der Waals surface area (Å²) in [6.45, 7) is 7.27. The van der Waals surface area contributed by atoms with Gasteiger partial charge in [-0.15, -0.1) is 0 Å². The fraction of sp³-hybridized carbons (Fsp3) is 0.600. The lowest BCUT2D eigenvalue weighted by Crippen LogP contribution is -2.27. The highest BCUT2D eigenvalue weighted by Gasteiger charge is 2.15. The summed E-state index contributed by atoms with van der Waals surface area (Å²) in [6.07, 6.45) is 1.81. The van der Waals surface area contributed by atoms with Crippen LogP contribution in [0.2, 0.25) is 0 Å². The summed E-state index contributed by atoms with van der Waals surface area (Å²) in [5.41, 5.74) is 1.92. The maximum absolute atomic E-state index is 8.80. The molecule has 0 unspecified atom stereocenters. The summed E-state index contributed by atoms with van der Waals surface area (Å²) in [6, 6.07) is 2.25. The molecule has 1 aromatic heterocycles. The molecular formula is C10H16N4. The van der Waals surface area contributed by atoms with Gasteiger partial charge in [-0.05, 0) is 20.8 Å². The Kier molecular flexibility index (Phi) is 3.26. The van der Waals surface area contributed by atoms with E-state index in [1.54, 1.807) is 0 Å². The van der Waals surface area contributed by atoms with E-state index in [0.717, 1.165) is 17.8 Å². The van der Waals surface area contributed by atoms with Crippen LogP contribution in [0.25, 0.3) is 0 Å². The first-order valence-electron chi connectivity index (χ1n) is 4.66. The number of aromatic amines is 1. The molecule has 0 aliphatic heterocycles. The third-order valence-corrected chi connectivity index (χ3v) is 2.12. The topological polar surface area (TPSA) is 64.5 Å². The summed E-state index contributed by atoms with van der Waals surface area (Å²) < 4.78 is 0. The minimum absolute atomic E-state index is 0.308. The second kappa shape index (κ2) is 4.25. The molecule has 0 aliphatic carbocycles. The Morgan fingerprint density at radius 1 is 1.64 bits per heavy atom. The number of aromatic nitrogens is 2. The van der Waals surface area contributed by atoms with Gasteiger partial charge in [-0.1, -0.05) is 0 Å². The first-order valence-corrected chi connectivity index (χ1v) is 4.66. The van der Waals surface area contributed by atoms with Crippen LogP contribution < -0.4 is 5.32 Å². The van der Waals surface area contributed by atoms with Crippen LogP contribution in [0.4, 0.5) is 0 Å². The summed E-state index contributed by atoms with van der Waals surface area (Å²) in [5, 5.41) is 18.8. The highest BCUT2D eigenvalue weighted by molar-refractivity contribution is 5.13. The molecule has 0 saturated carbocycles. The van der Waals surface area contributed by atoms with Gasteiger partial charge in [-0.3, -0.25) is 5.10 Å². The van der Waals surface area contributed by atoms with Gasteiger partial charge >= 0.3 is 0 Å². The molecule has 0 spiro atoms. The van der Waals surface area contributed by atoms with Gasteiger partial charge in [0.15, 0.2) is 0 Å². The van der Waals surface area contributed by atoms with Crippen molar-refractivity contribution >= 4 is 0 Å². The van der Waals surface area contributed by atoms with E-state index in [-0.39, 0.29) is 5.41 Å². The van der Waals surface area contributed by atoms with Gasteiger partial charge in [-0.25, -0.2) is 0 Å². The highest BCUT2D eigenvalue weighted by Crippen LogP contribution is 2.11. The number of nitrogens with one attached hydrogen (secondary N) is 2. The molecule has 1 heterocycles. The number of rotatable bonds is 4. The molecule has 4 heteroatoms. The predicted octanol–water partition coefficient (Wildman–Crippen LogP) is 1.36. The molecule has 0 aromatic carbocycles. The van der Waals surface area contributed by atoms with Crippen LogP contribution in [-0.2, 0) is 6.54 Å². The van der Waals surface area contributed by atoms with Gasteiger partial charge in [0.05, 0.1) is 17.7 Å². The third kappa shape index (κ3) is 2.86. The summed E-state index contributed by atoms with van der Waals surface area (Å²) in [5.74, 6) is 0. The second-order valence-electron chi connectivity index (χ2n) is 4.12. The fourth-order valence-corrected chi connectivity index (χ4v) is 1.10. The van der Waals surface area contributed by atoms with Crippen LogP contribution >= 0.6 is 0 Å². The molecule has 76 valence electrons. The van der Waals surface area contributed by atoms with Crippen LogP contribution in [0, 0.1) is 23.7 Å². The van der Waals surface area contributed by atoms with E-state index < -0.39 is 0 Å². The van der Waals surface area contributed by atoms with E-state index in [1.165, 1.54) is 0 Å². The maximum atomic E-state index is 8.80. The lowest BCUT2D eigenvalue weighted by molar-refractivity contribution is 0.445. The van der Waals surface area contributed by atoms with E-state index in [2.05, 4.69) is 21.6 Å². The smallest absolute Gasteiger partial charge is 0.0697 e. The minimum atomic E-state index is -0.308. The van der Waals surface area contributed by atoms with Crippen LogP contribution in [0.3, 0.4) is 0 Å². The Hall–Kier alpha value is -1.34. The largest absolute Gasteiger partial charge is 0.311 e. The quantitative estimate of drug-likeness (QED) is 0.757. The number of H-pyrrole nitrogens is 1. The van der Waals surface area contributed by atoms with Crippen molar-refractivity contribution in [1.82, 2.24) is 15.5 Å². The lowest BCUT2D eigenvalue weighted by Gasteiger charge is -2.15. The van der Waals surface area contributed by atoms with Crippen LogP contribution in [0.15, 0.2) is 6.20 Å². The van der Waals surface area contributed by atoms with Crippen LogP contribution in [0.5, 0.6) is 0 Å². The fourth-order valence-electron chi connectivity index (χ4n) is 1.10. The van der Waals surface area contributed by atoms with Crippen LogP contribution in [-0.4, -0.2) is 16.7 Å². The molecule has 14 heavy (non-hydrogen) atoms. The Labute approximate surface area is 84.3 Å². The Morgan fingerprint density at radius 3 is 2.86 bits per heavy atom. The Bertz CT molecular complexity index is 332. The van der Waals surface area contributed by atoms with E-state index >= 15 is 0 Å². The zero-order valence-corrected chi connectivity index (χ0v) is 8.89. The zero-order chi connectivity index (χ0) is 10.6. The zero-order valence-electron chi connectivity index (χ0n) is 8.89. The molecule has 4 nitrogen and oxygen atoms in total.